The van der Waals surface area contributed by atoms with E-state index in [1.807, 2.05) is 14.0 Å². The van der Waals surface area contributed by atoms with Gasteiger partial charge < -0.3 is 14.7 Å². The lowest BCUT2D eigenvalue weighted by Gasteiger charge is -2.33. The lowest BCUT2D eigenvalue weighted by Crippen LogP contribution is -2.39. The first-order valence-electron chi connectivity index (χ1n) is 6.41. The van der Waals surface area contributed by atoms with E-state index in [4.69, 9.17) is 4.74 Å². The largest absolute Gasteiger partial charge is 0.494 e. The summed E-state index contributed by atoms with van der Waals surface area (Å²) in [4.78, 5) is 2.11. The average Bonchev–Trinajstić information content (AvgIpc) is 2.28. The highest BCUT2D eigenvalue weighted by Gasteiger charge is 2.21. The van der Waals surface area contributed by atoms with Gasteiger partial charge in [-0.05, 0) is 37.0 Å². The van der Waals surface area contributed by atoms with Gasteiger partial charge in [0, 0.05) is 7.05 Å². The minimum Gasteiger partial charge on any atom is -0.494 e. The molecule has 1 aromatic carbocycles. The molecule has 0 amide bonds. The van der Waals surface area contributed by atoms with Gasteiger partial charge in [0.05, 0.1) is 25.4 Å². The smallest absolute Gasteiger partial charge is 0.145 e. The number of hydrogen-bond donors (Lipinski definition) is 1. The van der Waals surface area contributed by atoms with E-state index in [9.17, 15) is 5.11 Å². The monoisotopic (exact) mass is 251 g/mol. The zero-order chi connectivity index (χ0) is 13.9. The molecule has 1 aromatic rings. The summed E-state index contributed by atoms with van der Waals surface area (Å²) in [5.41, 5.74) is 3.37. The minimum atomic E-state index is 0.0973. The fourth-order valence-corrected chi connectivity index (χ4v) is 2.42. The normalized spacial score (nSPS) is 12.7. The van der Waals surface area contributed by atoms with E-state index in [1.54, 1.807) is 7.11 Å². The number of aliphatic hydroxyl groups excluding tert-OH is 1. The number of anilines is 1. The van der Waals surface area contributed by atoms with Crippen molar-refractivity contribution in [3.63, 3.8) is 0 Å². The first-order valence-corrected chi connectivity index (χ1v) is 6.41. The molecule has 0 spiro atoms. The summed E-state index contributed by atoms with van der Waals surface area (Å²) < 4.78 is 5.50. The van der Waals surface area contributed by atoms with Gasteiger partial charge in [0.2, 0.25) is 0 Å². The highest BCUT2D eigenvalue weighted by atomic mass is 16.5. The number of rotatable bonds is 5. The SMILES string of the molecule is COc1c(C)cc(C)cc1N(C)C(CO)C(C)C. The molecule has 0 radical (unpaired) electrons. The van der Waals surface area contributed by atoms with Crippen molar-refractivity contribution < 1.29 is 9.84 Å². The van der Waals surface area contributed by atoms with Crippen LogP contribution < -0.4 is 9.64 Å². The van der Waals surface area contributed by atoms with Crippen LogP contribution in [0.15, 0.2) is 12.1 Å². The Bertz CT molecular complexity index is 402. The molecule has 1 rings (SSSR count). The van der Waals surface area contributed by atoms with Gasteiger partial charge >= 0.3 is 0 Å². The van der Waals surface area contributed by atoms with Crippen LogP contribution in [0.2, 0.25) is 0 Å². The molecule has 102 valence electrons. The summed E-state index contributed by atoms with van der Waals surface area (Å²) in [6, 6.07) is 4.32. The fourth-order valence-electron chi connectivity index (χ4n) is 2.42. The molecule has 0 saturated heterocycles. The number of hydrogen-bond acceptors (Lipinski definition) is 3. The van der Waals surface area contributed by atoms with Crippen LogP contribution >= 0.6 is 0 Å². The Morgan fingerprint density at radius 1 is 1.28 bits per heavy atom. The van der Waals surface area contributed by atoms with Crippen molar-refractivity contribution in [2.75, 3.05) is 25.7 Å². The Morgan fingerprint density at radius 3 is 2.33 bits per heavy atom. The maximum atomic E-state index is 9.55. The molecule has 3 nitrogen and oxygen atoms in total. The molecule has 18 heavy (non-hydrogen) atoms. The molecule has 0 saturated carbocycles. The van der Waals surface area contributed by atoms with Crippen molar-refractivity contribution in [3.8, 4) is 5.75 Å². The molecular formula is C15H25NO2. The van der Waals surface area contributed by atoms with Crippen LogP contribution in [0.25, 0.3) is 0 Å². The lowest BCUT2D eigenvalue weighted by molar-refractivity contribution is 0.233. The summed E-state index contributed by atoms with van der Waals surface area (Å²) in [5.74, 6) is 1.27. The van der Waals surface area contributed by atoms with Gasteiger partial charge in [-0.15, -0.1) is 0 Å². The van der Waals surface area contributed by atoms with Gasteiger partial charge in [-0.1, -0.05) is 19.9 Å². The second-order valence-electron chi connectivity index (χ2n) is 5.24. The molecule has 1 N–H and O–H groups in total. The van der Waals surface area contributed by atoms with Crippen molar-refractivity contribution in [3.05, 3.63) is 23.3 Å². The first kappa shape index (κ1) is 14.8. The molecule has 3 heteroatoms. The molecule has 1 unspecified atom stereocenters. The number of nitrogens with zero attached hydrogens (tertiary/aromatic N) is 1. The van der Waals surface area contributed by atoms with Crippen LogP contribution in [0.1, 0.15) is 25.0 Å². The van der Waals surface area contributed by atoms with E-state index in [0.717, 1.165) is 17.0 Å². The number of benzene rings is 1. The minimum absolute atomic E-state index is 0.0973. The van der Waals surface area contributed by atoms with Crippen LogP contribution in [0.3, 0.4) is 0 Å². The van der Waals surface area contributed by atoms with E-state index in [1.165, 1.54) is 5.56 Å². The molecule has 0 heterocycles. The molecule has 0 aromatic heterocycles. The third-order valence-corrected chi connectivity index (χ3v) is 3.44. The van der Waals surface area contributed by atoms with Crippen LogP contribution in [0.5, 0.6) is 5.75 Å². The standard InChI is InChI=1S/C15H25NO2/c1-10(2)14(9-17)16(5)13-8-11(3)7-12(4)15(13)18-6/h7-8,10,14,17H,9H2,1-6H3. The van der Waals surface area contributed by atoms with Gasteiger partial charge in [-0.3, -0.25) is 0 Å². The second-order valence-corrected chi connectivity index (χ2v) is 5.24. The molecule has 0 aliphatic rings. The van der Waals surface area contributed by atoms with Gasteiger partial charge in [0.15, 0.2) is 0 Å². The van der Waals surface area contributed by atoms with Crippen LogP contribution in [-0.2, 0) is 0 Å². The van der Waals surface area contributed by atoms with E-state index in [2.05, 4.69) is 37.8 Å². The van der Waals surface area contributed by atoms with E-state index in [0.29, 0.717) is 5.92 Å². The summed E-state index contributed by atoms with van der Waals surface area (Å²) in [7, 11) is 3.70. The highest BCUT2D eigenvalue weighted by Crippen LogP contribution is 2.34. The first-order chi connectivity index (χ1) is 8.42. The summed E-state index contributed by atoms with van der Waals surface area (Å²) in [6.45, 7) is 8.50. The Hall–Kier alpha value is -1.22. The molecule has 0 aliphatic carbocycles. The van der Waals surface area contributed by atoms with Crippen molar-refractivity contribution >= 4 is 5.69 Å². The van der Waals surface area contributed by atoms with Crippen molar-refractivity contribution in [2.45, 2.75) is 33.7 Å². The maximum absolute atomic E-state index is 9.55. The zero-order valence-corrected chi connectivity index (χ0v) is 12.3. The Kier molecular flexibility index (Phi) is 5.03. The third kappa shape index (κ3) is 2.96. The predicted octanol–water partition coefficient (Wildman–Crippen LogP) is 2.77. The molecule has 0 aliphatic heterocycles. The van der Waals surface area contributed by atoms with Crippen molar-refractivity contribution in [1.29, 1.82) is 0 Å². The number of aryl methyl sites for hydroxylation is 2. The maximum Gasteiger partial charge on any atom is 0.145 e. The second kappa shape index (κ2) is 6.10. The van der Waals surface area contributed by atoms with Gasteiger partial charge in [0.25, 0.3) is 0 Å². The molecular weight excluding hydrogens is 226 g/mol. The molecule has 0 bridgehead atoms. The molecule has 1 atom stereocenters. The Morgan fingerprint density at radius 2 is 1.89 bits per heavy atom. The molecule has 0 fully saturated rings. The zero-order valence-electron chi connectivity index (χ0n) is 12.3. The summed E-state index contributed by atoms with van der Waals surface area (Å²) in [5, 5.41) is 9.55. The van der Waals surface area contributed by atoms with Crippen molar-refractivity contribution in [1.82, 2.24) is 0 Å². The van der Waals surface area contributed by atoms with E-state index < -0.39 is 0 Å². The van der Waals surface area contributed by atoms with E-state index >= 15 is 0 Å². The topological polar surface area (TPSA) is 32.7 Å². The summed E-state index contributed by atoms with van der Waals surface area (Å²) >= 11 is 0. The predicted molar refractivity (Wildman–Crippen MR) is 76.6 cm³/mol. The summed E-state index contributed by atoms with van der Waals surface area (Å²) in [6.07, 6.45) is 0. The van der Waals surface area contributed by atoms with Crippen molar-refractivity contribution in [2.24, 2.45) is 5.92 Å². The van der Waals surface area contributed by atoms with E-state index in [-0.39, 0.29) is 12.6 Å². The third-order valence-electron chi connectivity index (χ3n) is 3.44. The number of aliphatic hydroxyl groups is 1. The Labute approximate surface area is 110 Å². The van der Waals surface area contributed by atoms with Crippen LogP contribution in [0, 0.1) is 19.8 Å². The number of methoxy groups -OCH3 is 1. The quantitative estimate of drug-likeness (QED) is 0.873. The van der Waals surface area contributed by atoms with Gasteiger partial charge in [0.1, 0.15) is 5.75 Å². The number of likely N-dealkylation sites (N-methyl/N-ethyl adjacent to an activating group) is 1. The van der Waals surface area contributed by atoms with Gasteiger partial charge in [-0.25, -0.2) is 0 Å². The fraction of sp³-hybridized carbons (Fsp3) is 0.600. The van der Waals surface area contributed by atoms with Crippen LogP contribution in [-0.4, -0.2) is 31.9 Å². The average molecular weight is 251 g/mol. The van der Waals surface area contributed by atoms with Gasteiger partial charge in [-0.2, -0.15) is 0 Å². The number of ether oxygens (including phenoxy) is 1. The lowest BCUT2D eigenvalue weighted by atomic mass is 10.0. The Balaban J connectivity index is 3.22. The highest BCUT2D eigenvalue weighted by molar-refractivity contribution is 5.63. The van der Waals surface area contributed by atoms with Crippen LogP contribution in [0.4, 0.5) is 5.69 Å².